The average Bonchev–Trinajstić information content (AvgIpc) is 3.15. The minimum absolute atomic E-state index is 0.0690. The zero-order valence-corrected chi connectivity index (χ0v) is 14.0. The summed E-state index contributed by atoms with van der Waals surface area (Å²) in [6, 6.07) is 1.78. The molecule has 0 saturated carbocycles. The summed E-state index contributed by atoms with van der Waals surface area (Å²) < 4.78 is 5.26. The maximum Gasteiger partial charge on any atom is 0.292 e. The summed E-state index contributed by atoms with van der Waals surface area (Å²) in [4.78, 5) is 22.2. The Balaban J connectivity index is 1.68. The number of rotatable bonds is 4. The van der Waals surface area contributed by atoms with Gasteiger partial charge in [-0.1, -0.05) is 19.0 Å². The second-order valence-corrected chi connectivity index (χ2v) is 6.82. The summed E-state index contributed by atoms with van der Waals surface area (Å²) >= 11 is 0. The van der Waals surface area contributed by atoms with Crippen LogP contribution in [-0.4, -0.2) is 39.0 Å². The van der Waals surface area contributed by atoms with E-state index in [-0.39, 0.29) is 11.8 Å². The number of aryl methyl sites for hydroxylation is 1. The molecule has 1 saturated heterocycles. The molecule has 0 radical (unpaired) electrons. The lowest BCUT2D eigenvalue weighted by atomic mass is 9.97. The molecule has 1 N–H and O–H groups in total. The fourth-order valence-electron chi connectivity index (χ4n) is 3.11. The second-order valence-electron chi connectivity index (χ2n) is 6.82. The summed E-state index contributed by atoms with van der Waals surface area (Å²) in [5.41, 5.74) is 1.90. The Morgan fingerprint density at radius 2 is 2.35 bits per heavy atom. The Morgan fingerprint density at radius 3 is 3.04 bits per heavy atom. The fraction of sp³-hybridized carbons (Fsp3) is 0.588. The molecule has 0 bridgehead atoms. The Hall–Kier alpha value is -2.11. The molecule has 0 aliphatic carbocycles. The number of nitrogens with zero attached hydrogens (tertiary/aromatic N) is 3. The van der Waals surface area contributed by atoms with Gasteiger partial charge in [0.1, 0.15) is 5.82 Å². The normalized spacial score (nSPS) is 18.6. The SMILES string of the molecule is Cc1cnc([C@@H]2CCCN(C(=O)c3cc(CC(C)C)no3)C2)[nH]1. The predicted molar refractivity (Wildman–Crippen MR) is 86.2 cm³/mol. The van der Waals surface area contributed by atoms with Gasteiger partial charge in [-0.05, 0) is 32.1 Å². The first-order valence-electron chi connectivity index (χ1n) is 8.29. The first-order chi connectivity index (χ1) is 11.0. The summed E-state index contributed by atoms with van der Waals surface area (Å²) in [5, 5.41) is 4.01. The van der Waals surface area contributed by atoms with Gasteiger partial charge in [-0.15, -0.1) is 0 Å². The predicted octanol–water partition coefficient (Wildman–Crippen LogP) is 2.92. The van der Waals surface area contributed by atoms with Crippen molar-refractivity contribution in [2.75, 3.05) is 13.1 Å². The number of carbonyl (C=O) groups is 1. The Morgan fingerprint density at radius 1 is 1.52 bits per heavy atom. The highest BCUT2D eigenvalue weighted by atomic mass is 16.5. The van der Waals surface area contributed by atoms with Crippen molar-refractivity contribution < 1.29 is 9.32 Å². The molecule has 0 unspecified atom stereocenters. The molecule has 1 aliphatic heterocycles. The molecular formula is C17H24N4O2. The summed E-state index contributed by atoms with van der Waals surface area (Å²) in [6.45, 7) is 7.67. The van der Waals surface area contributed by atoms with Crippen molar-refractivity contribution in [2.24, 2.45) is 5.92 Å². The monoisotopic (exact) mass is 316 g/mol. The van der Waals surface area contributed by atoms with Crippen LogP contribution >= 0.6 is 0 Å². The lowest BCUT2D eigenvalue weighted by molar-refractivity contribution is 0.0662. The highest BCUT2D eigenvalue weighted by Gasteiger charge is 2.29. The number of hydrogen-bond acceptors (Lipinski definition) is 4. The third-order valence-corrected chi connectivity index (χ3v) is 4.20. The zero-order chi connectivity index (χ0) is 16.4. The maximum atomic E-state index is 12.6. The van der Waals surface area contributed by atoms with Crippen molar-refractivity contribution in [1.82, 2.24) is 20.0 Å². The van der Waals surface area contributed by atoms with E-state index in [1.165, 1.54) is 0 Å². The van der Waals surface area contributed by atoms with Gasteiger partial charge < -0.3 is 14.4 Å². The molecule has 1 fully saturated rings. The molecule has 3 rings (SSSR count). The van der Waals surface area contributed by atoms with Crippen LogP contribution in [0, 0.1) is 12.8 Å². The number of aromatic nitrogens is 3. The van der Waals surface area contributed by atoms with Gasteiger partial charge in [-0.3, -0.25) is 4.79 Å². The Kier molecular flexibility index (Phi) is 4.50. The van der Waals surface area contributed by atoms with Crippen molar-refractivity contribution >= 4 is 5.91 Å². The highest BCUT2D eigenvalue weighted by molar-refractivity contribution is 5.91. The van der Waals surface area contributed by atoms with E-state index in [0.717, 1.165) is 43.0 Å². The topological polar surface area (TPSA) is 75.0 Å². The molecule has 6 heteroatoms. The standard InChI is InChI=1S/C17H24N4O2/c1-11(2)7-14-8-15(23-20-14)17(22)21-6-4-5-13(10-21)16-18-9-12(3)19-16/h8-9,11,13H,4-7,10H2,1-3H3,(H,18,19)/t13-/m1/s1. The van der Waals surface area contributed by atoms with Crippen LogP contribution in [0.2, 0.25) is 0 Å². The lowest BCUT2D eigenvalue weighted by Crippen LogP contribution is -2.39. The van der Waals surface area contributed by atoms with E-state index in [1.807, 2.05) is 18.0 Å². The largest absolute Gasteiger partial charge is 0.351 e. The van der Waals surface area contributed by atoms with Crippen molar-refractivity contribution in [3.8, 4) is 0 Å². The first-order valence-corrected chi connectivity index (χ1v) is 8.29. The van der Waals surface area contributed by atoms with Gasteiger partial charge in [0, 0.05) is 37.0 Å². The first kappa shape index (κ1) is 15.8. The van der Waals surface area contributed by atoms with Crippen LogP contribution in [0.4, 0.5) is 0 Å². The zero-order valence-electron chi connectivity index (χ0n) is 14.0. The maximum absolute atomic E-state index is 12.6. The van der Waals surface area contributed by atoms with E-state index in [4.69, 9.17) is 4.52 Å². The quantitative estimate of drug-likeness (QED) is 0.941. The molecule has 1 atom stereocenters. The third-order valence-electron chi connectivity index (χ3n) is 4.20. The van der Waals surface area contributed by atoms with E-state index < -0.39 is 0 Å². The van der Waals surface area contributed by atoms with Gasteiger partial charge in [0.15, 0.2) is 0 Å². The molecule has 1 aliphatic rings. The number of hydrogen-bond donors (Lipinski definition) is 1. The van der Waals surface area contributed by atoms with E-state index in [2.05, 4.69) is 29.0 Å². The van der Waals surface area contributed by atoms with Crippen molar-refractivity contribution in [1.29, 1.82) is 0 Å². The van der Waals surface area contributed by atoms with Crippen LogP contribution in [0.25, 0.3) is 0 Å². The van der Waals surface area contributed by atoms with E-state index in [1.54, 1.807) is 6.07 Å². The van der Waals surface area contributed by atoms with Crippen LogP contribution in [0.15, 0.2) is 16.8 Å². The molecule has 1 amide bonds. The third kappa shape index (κ3) is 3.63. The van der Waals surface area contributed by atoms with E-state index >= 15 is 0 Å². The van der Waals surface area contributed by atoms with Crippen LogP contribution < -0.4 is 0 Å². The fourth-order valence-corrected chi connectivity index (χ4v) is 3.11. The molecule has 0 aromatic carbocycles. The molecule has 23 heavy (non-hydrogen) atoms. The van der Waals surface area contributed by atoms with E-state index in [9.17, 15) is 4.79 Å². The molecule has 3 heterocycles. The molecular weight excluding hydrogens is 292 g/mol. The highest BCUT2D eigenvalue weighted by Crippen LogP contribution is 2.26. The number of nitrogens with one attached hydrogen (secondary N) is 1. The van der Waals surface area contributed by atoms with E-state index in [0.29, 0.717) is 18.2 Å². The number of aromatic amines is 1. The van der Waals surface area contributed by atoms with Crippen LogP contribution in [0.3, 0.4) is 0 Å². The minimum atomic E-state index is -0.0690. The van der Waals surface area contributed by atoms with Crippen LogP contribution in [0.1, 0.15) is 60.4 Å². The number of carbonyl (C=O) groups excluding carboxylic acids is 1. The molecule has 0 spiro atoms. The molecule has 124 valence electrons. The van der Waals surface area contributed by atoms with Crippen molar-refractivity contribution in [2.45, 2.75) is 46.0 Å². The summed E-state index contributed by atoms with van der Waals surface area (Å²) in [5.74, 6) is 2.00. The van der Waals surface area contributed by atoms with Gasteiger partial charge in [0.05, 0.1) is 5.69 Å². The Bertz CT molecular complexity index is 674. The number of likely N-dealkylation sites (tertiary alicyclic amines) is 1. The van der Waals surface area contributed by atoms with Crippen molar-refractivity contribution in [3.63, 3.8) is 0 Å². The molecule has 2 aromatic rings. The number of piperidine rings is 1. The minimum Gasteiger partial charge on any atom is -0.351 e. The summed E-state index contributed by atoms with van der Waals surface area (Å²) in [7, 11) is 0. The molecule has 2 aromatic heterocycles. The van der Waals surface area contributed by atoms with Gasteiger partial charge >= 0.3 is 0 Å². The van der Waals surface area contributed by atoms with Crippen LogP contribution in [0.5, 0.6) is 0 Å². The van der Waals surface area contributed by atoms with Crippen molar-refractivity contribution in [3.05, 3.63) is 35.2 Å². The van der Waals surface area contributed by atoms with Crippen LogP contribution in [-0.2, 0) is 6.42 Å². The Labute approximate surface area is 136 Å². The second kappa shape index (κ2) is 6.56. The smallest absolute Gasteiger partial charge is 0.292 e. The summed E-state index contributed by atoms with van der Waals surface area (Å²) in [6.07, 6.45) is 4.69. The van der Waals surface area contributed by atoms with Gasteiger partial charge in [-0.2, -0.15) is 0 Å². The number of amides is 1. The van der Waals surface area contributed by atoms with Gasteiger partial charge in [0.2, 0.25) is 5.76 Å². The number of imidazole rings is 1. The lowest BCUT2D eigenvalue weighted by Gasteiger charge is -2.31. The van der Waals surface area contributed by atoms with Gasteiger partial charge in [-0.25, -0.2) is 4.98 Å². The van der Waals surface area contributed by atoms with Gasteiger partial charge in [0.25, 0.3) is 5.91 Å². The molecule has 6 nitrogen and oxygen atoms in total. The number of H-pyrrole nitrogens is 1. The average molecular weight is 316 g/mol.